The molecule has 3 aliphatic carbocycles. The van der Waals surface area contributed by atoms with E-state index >= 15 is 0 Å². The highest BCUT2D eigenvalue weighted by Crippen LogP contribution is 2.57. The first-order valence-electron chi connectivity index (χ1n) is 4.50. The topological polar surface area (TPSA) is 0 Å². The smallest absolute Gasteiger partial charge is 0.0172 e. The van der Waals surface area contributed by atoms with Gasteiger partial charge in [-0.3, -0.25) is 0 Å². The van der Waals surface area contributed by atoms with E-state index in [-0.39, 0.29) is 0 Å². The van der Waals surface area contributed by atoms with Crippen LogP contribution in [0.4, 0.5) is 0 Å². The molecule has 0 aromatic rings. The van der Waals surface area contributed by atoms with Crippen LogP contribution in [0.1, 0.15) is 32.6 Å². The summed E-state index contributed by atoms with van der Waals surface area (Å²) < 4.78 is 0. The van der Waals surface area contributed by atoms with Crippen LogP contribution in [0.15, 0.2) is 12.2 Å². The SMILES string of the molecule is C=C1CC2CC1C2CCC. The van der Waals surface area contributed by atoms with Crippen molar-refractivity contribution in [3.8, 4) is 0 Å². The fourth-order valence-corrected chi connectivity index (χ4v) is 2.77. The Morgan fingerprint density at radius 2 is 2.40 bits per heavy atom. The highest BCUT2D eigenvalue weighted by molar-refractivity contribution is 5.19. The summed E-state index contributed by atoms with van der Waals surface area (Å²) in [5, 5.41) is 0. The van der Waals surface area contributed by atoms with E-state index in [0.717, 1.165) is 17.8 Å². The van der Waals surface area contributed by atoms with Crippen molar-refractivity contribution in [2.45, 2.75) is 32.6 Å². The molecule has 0 nitrogen and oxygen atoms in total. The van der Waals surface area contributed by atoms with Crippen molar-refractivity contribution in [1.82, 2.24) is 0 Å². The molecule has 2 bridgehead atoms. The standard InChI is InChI=1S/C10H16/c1-3-4-9-8-5-7(2)10(9)6-8/h8-10H,2-6H2,1H3. The minimum atomic E-state index is 0.949. The number of hydrogen-bond donors (Lipinski definition) is 0. The van der Waals surface area contributed by atoms with Crippen molar-refractivity contribution in [2.75, 3.05) is 0 Å². The zero-order valence-electron chi connectivity index (χ0n) is 6.77. The van der Waals surface area contributed by atoms with Gasteiger partial charge in [-0.1, -0.05) is 25.5 Å². The Morgan fingerprint density at radius 3 is 2.80 bits per heavy atom. The molecule has 0 N–H and O–H groups in total. The van der Waals surface area contributed by atoms with E-state index < -0.39 is 0 Å². The average molecular weight is 136 g/mol. The van der Waals surface area contributed by atoms with Gasteiger partial charge in [0.2, 0.25) is 0 Å². The molecule has 0 heteroatoms. The third-order valence-electron chi connectivity index (χ3n) is 3.35. The first kappa shape index (κ1) is 6.45. The molecule has 56 valence electrons. The minimum Gasteiger partial charge on any atom is -0.0996 e. The Labute approximate surface area is 63.3 Å². The van der Waals surface area contributed by atoms with E-state index in [1.54, 1.807) is 5.57 Å². The normalized spacial score (nSPS) is 43.7. The Morgan fingerprint density at radius 1 is 1.60 bits per heavy atom. The predicted molar refractivity (Wildman–Crippen MR) is 43.8 cm³/mol. The van der Waals surface area contributed by atoms with E-state index in [4.69, 9.17) is 0 Å². The van der Waals surface area contributed by atoms with Crippen molar-refractivity contribution in [1.29, 1.82) is 0 Å². The number of fused-ring (bicyclic) bond motifs is 1. The molecular weight excluding hydrogens is 120 g/mol. The largest absolute Gasteiger partial charge is 0.0996 e. The lowest BCUT2D eigenvalue weighted by molar-refractivity contribution is 0.155. The van der Waals surface area contributed by atoms with Crippen LogP contribution in [0.3, 0.4) is 0 Å². The van der Waals surface area contributed by atoms with Crippen LogP contribution in [0.25, 0.3) is 0 Å². The van der Waals surface area contributed by atoms with Gasteiger partial charge in [-0.25, -0.2) is 0 Å². The zero-order chi connectivity index (χ0) is 7.14. The van der Waals surface area contributed by atoms with Crippen molar-refractivity contribution < 1.29 is 0 Å². The van der Waals surface area contributed by atoms with Gasteiger partial charge in [-0.15, -0.1) is 0 Å². The molecule has 3 fully saturated rings. The minimum absolute atomic E-state index is 0.949. The molecule has 3 unspecified atom stereocenters. The quantitative estimate of drug-likeness (QED) is 0.512. The van der Waals surface area contributed by atoms with Crippen LogP contribution < -0.4 is 0 Å². The molecule has 0 aliphatic heterocycles. The Kier molecular flexibility index (Phi) is 1.36. The molecule has 0 aromatic heterocycles. The summed E-state index contributed by atoms with van der Waals surface area (Å²) in [6.45, 7) is 6.40. The highest BCUT2D eigenvalue weighted by Gasteiger charge is 2.47. The summed E-state index contributed by atoms with van der Waals surface area (Å²) in [5.41, 5.74) is 1.56. The first-order valence-corrected chi connectivity index (χ1v) is 4.50. The number of allylic oxidation sites excluding steroid dienone is 1. The molecule has 3 rings (SSSR count). The summed E-state index contributed by atoms with van der Waals surface area (Å²) in [6, 6.07) is 0. The van der Waals surface area contributed by atoms with E-state index in [9.17, 15) is 0 Å². The van der Waals surface area contributed by atoms with Crippen LogP contribution in [0.2, 0.25) is 0 Å². The summed E-state index contributed by atoms with van der Waals surface area (Å²) in [6.07, 6.45) is 5.65. The lowest BCUT2D eigenvalue weighted by atomic mass is 9.70. The molecule has 0 amide bonds. The maximum atomic E-state index is 4.11. The van der Waals surface area contributed by atoms with Gasteiger partial charge in [0, 0.05) is 0 Å². The summed E-state index contributed by atoms with van der Waals surface area (Å²) in [7, 11) is 0. The fraction of sp³-hybridized carbons (Fsp3) is 0.800. The molecule has 0 aromatic carbocycles. The molecule has 3 atom stereocenters. The number of hydrogen-bond acceptors (Lipinski definition) is 0. The van der Waals surface area contributed by atoms with Gasteiger partial charge < -0.3 is 0 Å². The maximum Gasteiger partial charge on any atom is -0.0172 e. The second-order valence-corrected chi connectivity index (χ2v) is 3.92. The van der Waals surface area contributed by atoms with Gasteiger partial charge in [-0.2, -0.15) is 0 Å². The molecule has 0 spiro atoms. The highest BCUT2D eigenvalue weighted by atomic mass is 14.5. The second kappa shape index (κ2) is 2.11. The third kappa shape index (κ3) is 0.680. The fourth-order valence-electron chi connectivity index (χ4n) is 2.77. The lowest BCUT2D eigenvalue weighted by Gasteiger charge is -2.35. The van der Waals surface area contributed by atoms with E-state index in [1.807, 2.05) is 0 Å². The molecule has 3 saturated carbocycles. The molecule has 0 radical (unpaired) electrons. The van der Waals surface area contributed by atoms with Gasteiger partial charge in [0.15, 0.2) is 0 Å². The second-order valence-electron chi connectivity index (χ2n) is 3.92. The van der Waals surface area contributed by atoms with Crippen molar-refractivity contribution in [3.05, 3.63) is 12.2 Å². The third-order valence-corrected chi connectivity index (χ3v) is 3.35. The van der Waals surface area contributed by atoms with Crippen LogP contribution in [0.5, 0.6) is 0 Å². The summed E-state index contributed by atoms with van der Waals surface area (Å²) in [4.78, 5) is 0. The van der Waals surface area contributed by atoms with E-state index in [0.29, 0.717) is 0 Å². The van der Waals surface area contributed by atoms with Gasteiger partial charge in [-0.05, 0) is 37.0 Å². The zero-order valence-corrected chi connectivity index (χ0v) is 6.77. The molecular formula is C10H16. The molecule has 0 heterocycles. The average Bonchev–Trinajstić information content (AvgIpc) is 2.37. The van der Waals surface area contributed by atoms with Crippen molar-refractivity contribution >= 4 is 0 Å². The predicted octanol–water partition coefficient (Wildman–Crippen LogP) is 3.00. The first-order chi connectivity index (χ1) is 4.83. The summed E-state index contributed by atoms with van der Waals surface area (Å²) >= 11 is 0. The Balaban J connectivity index is 1.98. The van der Waals surface area contributed by atoms with Gasteiger partial charge >= 0.3 is 0 Å². The molecule has 10 heavy (non-hydrogen) atoms. The maximum absolute atomic E-state index is 4.11. The Bertz CT molecular complexity index is 157. The van der Waals surface area contributed by atoms with Crippen LogP contribution in [-0.4, -0.2) is 0 Å². The van der Waals surface area contributed by atoms with Crippen molar-refractivity contribution in [2.24, 2.45) is 17.8 Å². The summed E-state index contributed by atoms with van der Waals surface area (Å²) in [5.74, 6) is 3.06. The van der Waals surface area contributed by atoms with E-state index in [2.05, 4.69) is 13.5 Å². The van der Waals surface area contributed by atoms with Crippen LogP contribution >= 0.6 is 0 Å². The van der Waals surface area contributed by atoms with Crippen LogP contribution in [-0.2, 0) is 0 Å². The molecule has 0 saturated heterocycles. The monoisotopic (exact) mass is 136 g/mol. The molecule has 3 aliphatic rings. The van der Waals surface area contributed by atoms with E-state index in [1.165, 1.54) is 25.7 Å². The van der Waals surface area contributed by atoms with Gasteiger partial charge in [0.25, 0.3) is 0 Å². The van der Waals surface area contributed by atoms with Crippen LogP contribution in [0, 0.1) is 17.8 Å². The van der Waals surface area contributed by atoms with Crippen molar-refractivity contribution in [3.63, 3.8) is 0 Å². The lowest BCUT2D eigenvalue weighted by Crippen LogP contribution is -2.27. The Hall–Kier alpha value is -0.260. The van der Waals surface area contributed by atoms with Gasteiger partial charge in [0.05, 0.1) is 0 Å². The number of rotatable bonds is 2. The van der Waals surface area contributed by atoms with Gasteiger partial charge in [0.1, 0.15) is 0 Å².